The standard InChI is InChI=1S/C20H22F3N5/c1-13-12-18(25-16-10-8-15(9-11-16)20(21,22)23)28-19(24-13)26-17(27-28)5-3-2-4-14-6-7-14/h8-12,14,25H,2-7H2,1H3. The van der Waals surface area contributed by atoms with Crippen molar-refractivity contribution in [3.05, 3.63) is 47.4 Å². The van der Waals surface area contributed by atoms with Gasteiger partial charge in [0.05, 0.1) is 5.56 Å². The van der Waals surface area contributed by atoms with Gasteiger partial charge in [-0.05, 0) is 43.5 Å². The van der Waals surface area contributed by atoms with Gasteiger partial charge in [0, 0.05) is 23.9 Å². The van der Waals surface area contributed by atoms with Gasteiger partial charge in [-0.2, -0.15) is 22.7 Å². The molecule has 3 aromatic rings. The highest BCUT2D eigenvalue weighted by molar-refractivity contribution is 5.59. The zero-order valence-electron chi connectivity index (χ0n) is 15.6. The molecule has 8 heteroatoms. The maximum Gasteiger partial charge on any atom is 0.416 e. The summed E-state index contributed by atoms with van der Waals surface area (Å²) >= 11 is 0. The average molecular weight is 389 g/mol. The summed E-state index contributed by atoms with van der Waals surface area (Å²) < 4.78 is 39.8. The van der Waals surface area contributed by atoms with Gasteiger partial charge >= 0.3 is 6.18 Å². The lowest BCUT2D eigenvalue weighted by Gasteiger charge is -2.10. The van der Waals surface area contributed by atoms with Crippen LogP contribution < -0.4 is 5.32 Å². The van der Waals surface area contributed by atoms with Crippen LogP contribution in [0.2, 0.25) is 0 Å². The fourth-order valence-electron chi connectivity index (χ4n) is 3.24. The minimum atomic E-state index is -4.35. The number of anilines is 2. The van der Waals surface area contributed by atoms with E-state index in [0.29, 0.717) is 17.3 Å². The highest BCUT2D eigenvalue weighted by atomic mass is 19.4. The molecule has 5 nitrogen and oxygen atoms in total. The quantitative estimate of drug-likeness (QED) is 0.556. The summed E-state index contributed by atoms with van der Waals surface area (Å²) in [5, 5.41) is 7.66. The number of rotatable bonds is 7. The van der Waals surface area contributed by atoms with Crippen molar-refractivity contribution in [1.82, 2.24) is 19.6 Å². The maximum atomic E-state index is 12.7. The lowest BCUT2D eigenvalue weighted by Crippen LogP contribution is -2.05. The summed E-state index contributed by atoms with van der Waals surface area (Å²) in [7, 11) is 0. The van der Waals surface area contributed by atoms with Crippen molar-refractivity contribution >= 4 is 17.3 Å². The Morgan fingerprint density at radius 1 is 1.11 bits per heavy atom. The van der Waals surface area contributed by atoms with E-state index in [0.717, 1.165) is 42.4 Å². The van der Waals surface area contributed by atoms with Crippen molar-refractivity contribution in [3.8, 4) is 0 Å². The number of aryl methyl sites for hydroxylation is 2. The van der Waals surface area contributed by atoms with Crippen LogP contribution in [0, 0.1) is 12.8 Å². The third-order valence-electron chi connectivity index (χ3n) is 4.93. The molecule has 1 aliphatic rings. The molecule has 1 N–H and O–H groups in total. The number of benzene rings is 1. The summed E-state index contributed by atoms with van der Waals surface area (Å²) in [5.74, 6) is 2.79. The zero-order valence-corrected chi connectivity index (χ0v) is 15.6. The van der Waals surface area contributed by atoms with E-state index in [1.54, 1.807) is 10.6 Å². The van der Waals surface area contributed by atoms with Gasteiger partial charge in [-0.3, -0.25) is 0 Å². The van der Waals surface area contributed by atoms with Crippen molar-refractivity contribution in [1.29, 1.82) is 0 Å². The Balaban J connectivity index is 1.50. The second-order valence-electron chi connectivity index (χ2n) is 7.41. The number of aromatic nitrogens is 4. The van der Waals surface area contributed by atoms with E-state index in [1.165, 1.54) is 37.8 Å². The number of alkyl halides is 3. The number of hydrogen-bond acceptors (Lipinski definition) is 4. The molecule has 28 heavy (non-hydrogen) atoms. The number of hydrogen-bond donors (Lipinski definition) is 1. The molecule has 1 saturated carbocycles. The minimum absolute atomic E-state index is 0.492. The van der Waals surface area contributed by atoms with E-state index in [-0.39, 0.29) is 0 Å². The van der Waals surface area contributed by atoms with Gasteiger partial charge in [0.25, 0.3) is 5.78 Å². The molecule has 2 heterocycles. The van der Waals surface area contributed by atoms with Crippen molar-refractivity contribution in [2.45, 2.75) is 51.6 Å². The summed E-state index contributed by atoms with van der Waals surface area (Å²) in [6.07, 6.45) is 2.71. The number of halogens is 3. The van der Waals surface area contributed by atoms with E-state index in [1.807, 2.05) is 6.92 Å². The van der Waals surface area contributed by atoms with E-state index in [2.05, 4.69) is 20.4 Å². The van der Waals surface area contributed by atoms with Crippen molar-refractivity contribution in [2.24, 2.45) is 5.92 Å². The molecule has 2 aromatic heterocycles. The smallest absolute Gasteiger partial charge is 0.340 e. The van der Waals surface area contributed by atoms with Crippen molar-refractivity contribution in [2.75, 3.05) is 5.32 Å². The van der Waals surface area contributed by atoms with Crippen LogP contribution in [-0.4, -0.2) is 19.6 Å². The molecule has 1 aromatic carbocycles. The predicted octanol–water partition coefficient (Wildman–Crippen LogP) is 5.32. The molecule has 0 radical (unpaired) electrons. The van der Waals surface area contributed by atoms with Crippen LogP contribution in [0.5, 0.6) is 0 Å². The molecule has 0 unspecified atom stereocenters. The minimum Gasteiger partial charge on any atom is -0.340 e. The molecule has 0 amide bonds. The van der Waals surface area contributed by atoms with Gasteiger partial charge in [0.1, 0.15) is 5.82 Å². The molecule has 0 spiro atoms. The Kier molecular flexibility index (Phi) is 4.95. The number of nitrogens with zero attached hydrogens (tertiary/aromatic N) is 4. The topological polar surface area (TPSA) is 55.1 Å². The summed E-state index contributed by atoms with van der Waals surface area (Å²) in [6.45, 7) is 1.85. The Bertz CT molecular complexity index is 958. The molecule has 0 aliphatic heterocycles. The summed E-state index contributed by atoms with van der Waals surface area (Å²) in [6, 6.07) is 6.72. The van der Waals surface area contributed by atoms with Gasteiger partial charge in [-0.1, -0.05) is 25.7 Å². The van der Waals surface area contributed by atoms with Gasteiger partial charge in [0.2, 0.25) is 0 Å². The van der Waals surface area contributed by atoms with Crippen LogP contribution in [-0.2, 0) is 12.6 Å². The lowest BCUT2D eigenvalue weighted by atomic mass is 10.1. The fourth-order valence-corrected chi connectivity index (χ4v) is 3.24. The summed E-state index contributed by atoms with van der Waals surface area (Å²) in [4.78, 5) is 8.92. The van der Waals surface area contributed by atoms with Crippen LogP contribution >= 0.6 is 0 Å². The molecule has 0 bridgehead atoms. The van der Waals surface area contributed by atoms with Crippen LogP contribution in [0.25, 0.3) is 5.78 Å². The first-order valence-corrected chi connectivity index (χ1v) is 9.56. The predicted molar refractivity (Wildman–Crippen MR) is 101 cm³/mol. The number of nitrogens with one attached hydrogen (secondary N) is 1. The van der Waals surface area contributed by atoms with Crippen molar-refractivity contribution < 1.29 is 13.2 Å². The normalized spacial score (nSPS) is 14.6. The molecule has 148 valence electrons. The maximum absolute atomic E-state index is 12.7. The first-order valence-electron chi connectivity index (χ1n) is 9.56. The molecule has 0 saturated heterocycles. The SMILES string of the molecule is Cc1cc(Nc2ccc(C(F)(F)F)cc2)n2nc(CCCCC3CC3)nc2n1. The molecule has 1 aliphatic carbocycles. The monoisotopic (exact) mass is 389 g/mol. The van der Waals surface area contributed by atoms with Gasteiger partial charge < -0.3 is 5.32 Å². The average Bonchev–Trinajstić information content (AvgIpc) is 3.37. The third-order valence-corrected chi connectivity index (χ3v) is 4.93. The van der Waals surface area contributed by atoms with Crippen LogP contribution in [0.4, 0.5) is 24.7 Å². The highest BCUT2D eigenvalue weighted by Crippen LogP contribution is 2.34. The second-order valence-corrected chi connectivity index (χ2v) is 7.41. The van der Waals surface area contributed by atoms with Gasteiger partial charge in [-0.15, -0.1) is 5.10 Å². The molecule has 0 atom stereocenters. The van der Waals surface area contributed by atoms with E-state index >= 15 is 0 Å². The van der Waals surface area contributed by atoms with Crippen molar-refractivity contribution in [3.63, 3.8) is 0 Å². The molecule has 1 fully saturated rings. The zero-order chi connectivity index (χ0) is 19.7. The Morgan fingerprint density at radius 2 is 1.86 bits per heavy atom. The first-order chi connectivity index (χ1) is 13.4. The van der Waals surface area contributed by atoms with E-state index in [4.69, 9.17) is 0 Å². The number of unbranched alkanes of at least 4 members (excludes halogenated alkanes) is 1. The van der Waals surface area contributed by atoms with Crippen LogP contribution in [0.15, 0.2) is 30.3 Å². The molecular weight excluding hydrogens is 367 g/mol. The first kappa shape index (κ1) is 18.7. The molecular formula is C20H22F3N5. The Morgan fingerprint density at radius 3 is 2.54 bits per heavy atom. The van der Waals surface area contributed by atoms with Gasteiger partial charge in [0.15, 0.2) is 5.82 Å². The highest BCUT2D eigenvalue weighted by Gasteiger charge is 2.30. The van der Waals surface area contributed by atoms with Crippen LogP contribution in [0.3, 0.4) is 0 Å². The van der Waals surface area contributed by atoms with E-state index in [9.17, 15) is 13.2 Å². The fraction of sp³-hybridized carbons (Fsp3) is 0.450. The second kappa shape index (κ2) is 7.41. The van der Waals surface area contributed by atoms with Crippen LogP contribution in [0.1, 0.15) is 49.2 Å². The molecule has 4 rings (SSSR count). The number of fused-ring (bicyclic) bond motifs is 1. The third kappa shape index (κ3) is 4.43. The summed E-state index contributed by atoms with van der Waals surface area (Å²) in [5.41, 5.74) is 0.624. The lowest BCUT2D eigenvalue weighted by molar-refractivity contribution is -0.137. The Hall–Kier alpha value is -2.64. The van der Waals surface area contributed by atoms with Gasteiger partial charge in [-0.25, -0.2) is 4.98 Å². The Labute approximate surface area is 161 Å². The van der Waals surface area contributed by atoms with E-state index < -0.39 is 11.7 Å². The largest absolute Gasteiger partial charge is 0.416 e.